The molecular formula is C13H14F2N2O2S2. The van der Waals surface area contributed by atoms with Crippen LogP contribution in [0.4, 0.5) is 8.78 Å². The Morgan fingerprint density at radius 1 is 1.29 bits per heavy atom. The molecule has 0 saturated heterocycles. The first kappa shape index (κ1) is 16.0. The van der Waals surface area contributed by atoms with Gasteiger partial charge in [-0.15, -0.1) is 11.3 Å². The Bertz CT molecular complexity index is 731. The number of nitrogens with zero attached hydrogens (tertiary/aromatic N) is 1. The van der Waals surface area contributed by atoms with Crippen molar-refractivity contribution < 1.29 is 17.2 Å². The van der Waals surface area contributed by atoms with Crippen molar-refractivity contribution in [1.29, 1.82) is 0 Å². The summed E-state index contributed by atoms with van der Waals surface area (Å²) in [7, 11) is -2.71. The summed E-state index contributed by atoms with van der Waals surface area (Å²) in [5, 5.41) is 1.82. The van der Waals surface area contributed by atoms with E-state index in [2.05, 4.69) is 0 Å². The van der Waals surface area contributed by atoms with Gasteiger partial charge in [0.25, 0.3) is 0 Å². The van der Waals surface area contributed by atoms with Crippen LogP contribution in [0.25, 0.3) is 0 Å². The zero-order valence-corrected chi connectivity index (χ0v) is 12.8. The van der Waals surface area contributed by atoms with E-state index in [-0.39, 0.29) is 6.54 Å². The average Bonchev–Trinajstić information content (AvgIpc) is 2.91. The maximum atomic E-state index is 14.1. The fraction of sp³-hybridized carbons (Fsp3) is 0.231. The van der Waals surface area contributed by atoms with Gasteiger partial charge in [0.15, 0.2) is 5.82 Å². The Hall–Kier alpha value is -1.35. The molecule has 0 atom stereocenters. The molecule has 1 heterocycles. The predicted molar refractivity (Wildman–Crippen MR) is 77.2 cm³/mol. The van der Waals surface area contributed by atoms with Gasteiger partial charge in [0.05, 0.1) is 0 Å². The maximum Gasteiger partial charge on any atom is 0.246 e. The monoisotopic (exact) mass is 332 g/mol. The van der Waals surface area contributed by atoms with Gasteiger partial charge < -0.3 is 5.73 Å². The van der Waals surface area contributed by atoms with Crippen molar-refractivity contribution in [1.82, 2.24) is 4.31 Å². The Morgan fingerprint density at radius 2 is 2.00 bits per heavy atom. The number of hydrogen-bond acceptors (Lipinski definition) is 4. The van der Waals surface area contributed by atoms with Crippen molar-refractivity contribution in [3.05, 3.63) is 51.7 Å². The van der Waals surface area contributed by atoms with Crippen molar-refractivity contribution >= 4 is 21.4 Å². The van der Waals surface area contributed by atoms with E-state index in [0.29, 0.717) is 0 Å². The highest BCUT2D eigenvalue weighted by atomic mass is 32.2. The summed E-state index contributed by atoms with van der Waals surface area (Å²) in [6.45, 7) is -0.287. The van der Waals surface area contributed by atoms with Gasteiger partial charge in [-0.05, 0) is 23.6 Å². The van der Waals surface area contributed by atoms with E-state index in [0.717, 1.165) is 21.3 Å². The Labute approximate surface area is 125 Å². The normalized spacial score (nSPS) is 12.0. The third-order valence-electron chi connectivity index (χ3n) is 3.00. The lowest BCUT2D eigenvalue weighted by Gasteiger charge is -2.17. The highest BCUT2D eigenvalue weighted by molar-refractivity contribution is 7.89. The largest absolute Gasteiger partial charge is 0.326 e. The van der Waals surface area contributed by atoms with Crippen LogP contribution < -0.4 is 5.73 Å². The van der Waals surface area contributed by atoms with Crippen LogP contribution in [-0.2, 0) is 23.1 Å². The van der Waals surface area contributed by atoms with Crippen LogP contribution in [-0.4, -0.2) is 19.8 Å². The second-order valence-corrected chi connectivity index (χ2v) is 7.43. The predicted octanol–water partition coefficient (Wildman–Crippen LogP) is 2.31. The van der Waals surface area contributed by atoms with Crippen LogP contribution in [0.15, 0.2) is 34.5 Å². The molecule has 2 aromatic rings. The van der Waals surface area contributed by atoms with Crippen LogP contribution in [0.5, 0.6) is 0 Å². The fourth-order valence-corrected chi connectivity index (χ4v) is 3.91. The SMILES string of the molecule is CN(Cc1cccs1)S(=O)(=O)c1ccc(F)c(CN)c1F. The van der Waals surface area contributed by atoms with E-state index in [1.165, 1.54) is 18.4 Å². The molecule has 0 amide bonds. The molecule has 0 saturated carbocycles. The van der Waals surface area contributed by atoms with Crippen molar-refractivity contribution in [3.63, 3.8) is 0 Å². The van der Waals surface area contributed by atoms with Crippen molar-refractivity contribution in [2.24, 2.45) is 5.73 Å². The van der Waals surface area contributed by atoms with Crippen molar-refractivity contribution in [2.45, 2.75) is 18.0 Å². The molecular weight excluding hydrogens is 318 g/mol. The third-order valence-corrected chi connectivity index (χ3v) is 5.68. The van der Waals surface area contributed by atoms with E-state index in [9.17, 15) is 17.2 Å². The molecule has 0 aliphatic rings. The van der Waals surface area contributed by atoms with Gasteiger partial charge in [-0.25, -0.2) is 17.2 Å². The van der Waals surface area contributed by atoms with Gasteiger partial charge in [0, 0.05) is 30.6 Å². The Kier molecular flexibility index (Phi) is 4.72. The molecule has 8 heteroatoms. The topological polar surface area (TPSA) is 63.4 Å². The lowest BCUT2D eigenvalue weighted by Crippen LogP contribution is -2.27. The Balaban J connectivity index is 2.40. The Morgan fingerprint density at radius 3 is 2.57 bits per heavy atom. The quantitative estimate of drug-likeness (QED) is 0.914. The zero-order chi connectivity index (χ0) is 15.6. The number of halogens is 2. The summed E-state index contributed by atoms with van der Waals surface area (Å²) in [5.74, 6) is -1.98. The molecule has 0 bridgehead atoms. The number of hydrogen-bond donors (Lipinski definition) is 1. The molecule has 0 fully saturated rings. The summed E-state index contributed by atoms with van der Waals surface area (Å²) >= 11 is 1.40. The van der Waals surface area contributed by atoms with Gasteiger partial charge in [-0.1, -0.05) is 6.07 Å². The molecule has 2 N–H and O–H groups in total. The van der Waals surface area contributed by atoms with Gasteiger partial charge >= 0.3 is 0 Å². The zero-order valence-electron chi connectivity index (χ0n) is 11.2. The molecule has 1 aromatic heterocycles. The van der Waals surface area contributed by atoms with Crippen molar-refractivity contribution in [2.75, 3.05) is 7.05 Å². The van der Waals surface area contributed by atoms with Gasteiger partial charge in [0.1, 0.15) is 10.7 Å². The van der Waals surface area contributed by atoms with E-state index < -0.39 is 38.7 Å². The summed E-state index contributed by atoms with van der Waals surface area (Å²) < 4.78 is 53.3. The first-order valence-corrected chi connectivity index (χ1v) is 8.35. The van der Waals surface area contributed by atoms with Crippen LogP contribution in [0.1, 0.15) is 10.4 Å². The van der Waals surface area contributed by atoms with E-state index >= 15 is 0 Å². The highest BCUT2D eigenvalue weighted by Gasteiger charge is 2.27. The summed E-state index contributed by atoms with van der Waals surface area (Å²) in [5.41, 5.74) is 4.83. The van der Waals surface area contributed by atoms with Crippen LogP contribution in [0, 0.1) is 11.6 Å². The molecule has 0 aliphatic carbocycles. The lowest BCUT2D eigenvalue weighted by molar-refractivity contribution is 0.459. The summed E-state index contributed by atoms with van der Waals surface area (Å²) in [6, 6.07) is 5.41. The van der Waals surface area contributed by atoms with Gasteiger partial charge in [-0.3, -0.25) is 0 Å². The second kappa shape index (κ2) is 6.18. The number of benzene rings is 1. The van der Waals surface area contributed by atoms with Gasteiger partial charge in [-0.2, -0.15) is 4.31 Å². The molecule has 114 valence electrons. The number of sulfonamides is 1. The van der Waals surface area contributed by atoms with Crippen LogP contribution in [0.3, 0.4) is 0 Å². The maximum absolute atomic E-state index is 14.1. The smallest absolute Gasteiger partial charge is 0.246 e. The first-order chi connectivity index (χ1) is 9.87. The minimum absolute atomic E-state index is 0.120. The molecule has 0 radical (unpaired) electrons. The fourth-order valence-electron chi connectivity index (χ4n) is 1.84. The molecule has 4 nitrogen and oxygen atoms in total. The first-order valence-electron chi connectivity index (χ1n) is 6.03. The number of thiophene rings is 1. The summed E-state index contributed by atoms with van der Waals surface area (Å²) in [6.07, 6.45) is 0. The molecule has 0 spiro atoms. The van der Waals surface area contributed by atoms with E-state index in [4.69, 9.17) is 5.73 Å². The average molecular weight is 332 g/mol. The van der Waals surface area contributed by atoms with Crippen LogP contribution >= 0.6 is 11.3 Å². The molecule has 1 aromatic carbocycles. The molecule has 0 unspecified atom stereocenters. The minimum Gasteiger partial charge on any atom is -0.326 e. The standard InChI is InChI=1S/C13H14F2N2O2S2/c1-17(8-9-3-2-6-20-9)21(18,19)12-5-4-11(14)10(7-16)13(12)15/h2-6H,7-8,16H2,1H3. The van der Waals surface area contributed by atoms with Gasteiger partial charge in [0.2, 0.25) is 10.0 Å². The third kappa shape index (κ3) is 3.13. The molecule has 21 heavy (non-hydrogen) atoms. The lowest BCUT2D eigenvalue weighted by atomic mass is 10.2. The van der Waals surface area contributed by atoms with E-state index in [1.807, 2.05) is 5.38 Å². The molecule has 2 rings (SSSR count). The van der Waals surface area contributed by atoms with Crippen LogP contribution in [0.2, 0.25) is 0 Å². The number of nitrogens with two attached hydrogens (primary N) is 1. The van der Waals surface area contributed by atoms with Crippen molar-refractivity contribution in [3.8, 4) is 0 Å². The second-order valence-electron chi connectivity index (χ2n) is 4.38. The minimum atomic E-state index is -4.05. The number of rotatable bonds is 5. The summed E-state index contributed by atoms with van der Waals surface area (Å²) in [4.78, 5) is 0.256. The highest BCUT2D eigenvalue weighted by Crippen LogP contribution is 2.24. The van der Waals surface area contributed by atoms with E-state index in [1.54, 1.807) is 12.1 Å². The molecule has 0 aliphatic heterocycles.